The maximum atomic E-state index is 13.9. The van der Waals surface area contributed by atoms with Gasteiger partial charge in [-0.05, 0) is 42.0 Å². The van der Waals surface area contributed by atoms with Crippen molar-refractivity contribution in [3.05, 3.63) is 59.7 Å². The van der Waals surface area contributed by atoms with Gasteiger partial charge >= 0.3 is 0 Å². The lowest BCUT2D eigenvalue weighted by Gasteiger charge is -2.36. The molecule has 0 saturated heterocycles. The molecule has 4 atom stereocenters. The van der Waals surface area contributed by atoms with E-state index in [-0.39, 0.29) is 23.5 Å². The van der Waals surface area contributed by atoms with Gasteiger partial charge in [-0.1, -0.05) is 30.4 Å². The summed E-state index contributed by atoms with van der Waals surface area (Å²) in [4.78, 5) is 27.3. The van der Waals surface area contributed by atoms with Crippen LogP contribution in [0.4, 0.5) is 5.69 Å². The number of fused-ring (bicyclic) bond motifs is 5. The minimum atomic E-state index is -0.881. The van der Waals surface area contributed by atoms with E-state index in [1.165, 1.54) is 21.3 Å². The minimum Gasteiger partial charge on any atom is -0.493 e. The van der Waals surface area contributed by atoms with Crippen molar-refractivity contribution >= 4 is 17.4 Å². The van der Waals surface area contributed by atoms with E-state index in [0.717, 1.165) is 17.7 Å². The summed E-state index contributed by atoms with van der Waals surface area (Å²) in [6.07, 6.45) is 4.98. The number of anilines is 1. The van der Waals surface area contributed by atoms with Crippen LogP contribution >= 0.6 is 0 Å². The summed E-state index contributed by atoms with van der Waals surface area (Å²) in [6.45, 7) is 0. The number of nitrogens with one attached hydrogen (secondary N) is 1. The molecule has 5 rings (SSSR count). The Balaban J connectivity index is 1.66. The van der Waals surface area contributed by atoms with E-state index >= 15 is 0 Å². The summed E-state index contributed by atoms with van der Waals surface area (Å²) in [5, 5.41) is 3.02. The second-order valence-electron chi connectivity index (χ2n) is 8.02. The van der Waals surface area contributed by atoms with Gasteiger partial charge in [0.25, 0.3) is 0 Å². The third kappa shape index (κ3) is 2.24. The molecule has 2 aliphatic carbocycles. The first-order chi connectivity index (χ1) is 14.6. The zero-order valence-electron chi connectivity index (χ0n) is 17.1. The molecule has 0 radical (unpaired) electrons. The maximum absolute atomic E-state index is 13.9. The van der Waals surface area contributed by atoms with Crippen LogP contribution in [0, 0.1) is 17.8 Å². The van der Waals surface area contributed by atoms with Gasteiger partial charge in [-0.15, -0.1) is 0 Å². The Hall–Kier alpha value is -3.28. The molecule has 154 valence electrons. The van der Waals surface area contributed by atoms with Crippen LogP contribution < -0.4 is 19.5 Å². The number of carbonyl (C=O) groups is 2. The van der Waals surface area contributed by atoms with Crippen LogP contribution in [0.15, 0.2) is 48.6 Å². The molecule has 1 saturated carbocycles. The van der Waals surface area contributed by atoms with Crippen LogP contribution in [0.2, 0.25) is 0 Å². The first-order valence-corrected chi connectivity index (χ1v) is 9.99. The van der Waals surface area contributed by atoms with Gasteiger partial charge in [-0.3, -0.25) is 9.59 Å². The summed E-state index contributed by atoms with van der Waals surface area (Å²) in [6, 6.07) is 11.0. The Morgan fingerprint density at radius 3 is 2.40 bits per heavy atom. The van der Waals surface area contributed by atoms with E-state index in [9.17, 15) is 9.59 Å². The third-order valence-electron chi connectivity index (χ3n) is 6.85. The van der Waals surface area contributed by atoms with E-state index in [0.29, 0.717) is 22.8 Å². The highest BCUT2D eigenvalue weighted by Gasteiger charge is 2.66. The van der Waals surface area contributed by atoms with Gasteiger partial charge in [0.05, 0.1) is 26.7 Å². The van der Waals surface area contributed by atoms with Gasteiger partial charge in [0.15, 0.2) is 17.3 Å². The topological polar surface area (TPSA) is 73.9 Å². The molecular formula is C24H23NO5. The lowest BCUT2D eigenvalue weighted by molar-refractivity contribution is -0.122. The molecule has 0 aromatic heterocycles. The fraction of sp³-hybridized carbons (Fsp3) is 0.333. The molecular weight excluding hydrogens is 382 g/mol. The van der Waals surface area contributed by atoms with Crippen LogP contribution in [0.5, 0.6) is 17.2 Å². The van der Waals surface area contributed by atoms with Gasteiger partial charge in [0.1, 0.15) is 0 Å². The van der Waals surface area contributed by atoms with Gasteiger partial charge in [-0.25, -0.2) is 0 Å². The smallest absolute Gasteiger partial charge is 0.236 e. The monoisotopic (exact) mass is 405 g/mol. The Labute approximate surface area is 174 Å². The second kappa shape index (κ2) is 6.62. The Morgan fingerprint density at radius 1 is 1.03 bits per heavy atom. The number of hydrogen-bond donors (Lipinski definition) is 1. The largest absolute Gasteiger partial charge is 0.493 e. The van der Waals surface area contributed by atoms with Gasteiger partial charge in [0.2, 0.25) is 11.7 Å². The molecule has 2 bridgehead atoms. The third-order valence-corrected chi connectivity index (χ3v) is 6.85. The van der Waals surface area contributed by atoms with Crippen molar-refractivity contribution in [2.24, 2.45) is 17.8 Å². The number of hydrogen-bond acceptors (Lipinski definition) is 5. The highest BCUT2D eigenvalue weighted by atomic mass is 16.5. The van der Waals surface area contributed by atoms with Crippen LogP contribution in [-0.2, 0) is 10.2 Å². The summed E-state index contributed by atoms with van der Waals surface area (Å²) >= 11 is 0. The number of methoxy groups -OCH3 is 3. The number of carbonyl (C=O) groups excluding carboxylic acids is 2. The Morgan fingerprint density at radius 2 is 1.73 bits per heavy atom. The average Bonchev–Trinajstić information content (AvgIpc) is 3.45. The summed E-state index contributed by atoms with van der Waals surface area (Å²) in [5.41, 5.74) is 1.28. The maximum Gasteiger partial charge on any atom is 0.236 e. The molecule has 1 spiro atoms. The van der Waals surface area contributed by atoms with Gasteiger partial charge < -0.3 is 19.5 Å². The van der Waals surface area contributed by atoms with Gasteiger partial charge in [0, 0.05) is 17.2 Å². The molecule has 0 unspecified atom stereocenters. The molecule has 1 heterocycles. The molecule has 1 fully saturated rings. The highest BCUT2D eigenvalue weighted by Crippen LogP contribution is 2.62. The number of rotatable bonds is 5. The first-order valence-electron chi connectivity index (χ1n) is 9.99. The standard InChI is InChI=1S/C24H23NO5/c1-28-18-11-14(12-19(29-2)22(18)30-3)21(26)20-13-8-9-15(10-13)24(20)16-6-4-5-7-17(16)25-23(24)27/h4-9,11-13,15,20H,10H2,1-3H3,(H,25,27)/t13-,15-,20-,24-/m0/s1. The van der Waals surface area contributed by atoms with Crippen molar-refractivity contribution in [1.82, 2.24) is 0 Å². The van der Waals surface area contributed by atoms with Crippen molar-refractivity contribution in [1.29, 1.82) is 0 Å². The van der Waals surface area contributed by atoms with Crippen LogP contribution in [0.3, 0.4) is 0 Å². The molecule has 6 heteroatoms. The lowest BCUT2D eigenvalue weighted by atomic mass is 9.63. The van der Waals surface area contributed by atoms with Crippen LogP contribution in [0.1, 0.15) is 22.3 Å². The molecule has 1 aliphatic heterocycles. The molecule has 2 aromatic carbocycles. The minimum absolute atomic E-state index is 0.00198. The second-order valence-corrected chi connectivity index (χ2v) is 8.02. The van der Waals surface area contributed by atoms with E-state index in [2.05, 4.69) is 17.5 Å². The van der Waals surface area contributed by atoms with E-state index < -0.39 is 11.3 Å². The number of ether oxygens (including phenoxy) is 3. The molecule has 1 amide bonds. The Bertz CT molecular complexity index is 1070. The van der Waals surface area contributed by atoms with E-state index in [1.54, 1.807) is 12.1 Å². The zero-order chi connectivity index (χ0) is 21.0. The summed E-state index contributed by atoms with van der Waals surface area (Å²) in [7, 11) is 4.57. The molecule has 3 aliphatic rings. The van der Waals surface area contributed by atoms with Crippen molar-refractivity contribution in [2.45, 2.75) is 11.8 Å². The number of allylic oxidation sites excluding steroid dienone is 2. The average molecular weight is 405 g/mol. The Kier molecular flexibility index (Phi) is 4.13. The van der Waals surface area contributed by atoms with Crippen molar-refractivity contribution in [3.63, 3.8) is 0 Å². The zero-order valence-corrected chi connectivity index (χ0v) is 17.1. The van der Waals surface area contributed by atoms with Crippen molar-refractivity contribution in [2.75, 3.05) is 26.6 Å². The normalized spacial score (nSPS) is 27.8. The van der Waals surface area contributed by atoms with Gasteiger partial charge in [-0.2, -0.15) is 0 Å². The van der Waals surface area contributed by atoms with E-state index in [4.69, 9.17) is 14.2 Å². The lowest BCUT2D eigenvalue weighted by Crippen LogP contribution is -2.48. The predicted molar refractivity (Wildman–Crippen MR) is 111 cm³/mol. The number of amides is 1. The molecule has 6 nitrogen and oxygen atoms in total. The van der Waals surface area contributed by atoms with Crippen molar-refractivity contribution < 1.29 is 23.8 Å². The predicted octanol–water partition coefficient (Wildman–Crippen LogP) is 3.61. The van der Waals surface area contributed by atoms with Crippen LogP contribution in [-0.4, -0.2) is 33.0 Å². The van der Waals surface area contributed by atoms with Crippen molar-refractivity contribution in [3.8, 4) is 17.2 Å². The fourth-order valence-corrected chi connectivity index (χ4v) is 5.66. The number of para-hydroxylation sites is 1. The SMILES string of the molecule is COc1cc(C(=O)[C@@H]2[C@H]3C=C[C@@H](C3)[C@@]23C(=O)Nc2ccccc23)cc(OC)c1OC. The highest BCUT2D eigenvalue weighted by molar-refractivity contribution is 6.13. The number of Topliss-reactive ketones (excluding diaryl/α,β-unsaturated/α-hetero) is 1. The quantitative estimate of drug-likeness (QED) is 0.608. The molecule has 1 N–H and O–H groups in total. The van der Waals surface area contributed by atoms with E-state index in [1.807, 2.05) is 24.3 Å². The number of benzene rings is 2. The summed E-state index contributed by atoms with van der Waals surface area (Å²) < 4.78 is 16.3. The molecule has 2 aromatic rings. The summed E-state index contributed by atoms with van der Waals surface area (Å²) in [5.74, 6) is 0.625. The number of ketones is 1. The first kappa shape index (κ1) is 18.7. The van der Waals surface area contributed by atoms with Crippen LogP contribution in [0.25, 0.3) is 0 Å². The molecule has 30 heavy (non-hydrogen) atoms. The fourth-order valence-electron chi connectivity index (χ4n) is 5.66.